The van der Waals surface area contributed by atoms with Crippen LogP contribution in [0.5, 0.6) is 0 Å². The maximum Gasteiger partial charge on any atom is 0.152 e. The summed E-state index contributed by atoms with van der Waals surface area (Å²) in [5, 5.41) is 3.37. The number of nitrogens with two attached hydrogens (primary N) is 1. The van der Waals surface area contributed by atoms with Gasteiger partial charge in [0.25, 0.3) is 0 Å². The lowest BCUT2D eigenvalue weighted by Crippen LogP contribution is -2.45. The number of rotatable bonds is 5. The van der Waals surface area contributed by atoms with Crippen molar-refractivity contribution in [3.8, 4) is 0 Å². The first-order valence-electron chi connectivity index (χ1n) is 6.11. The molecule has 0 aromatic rings. The van der Waals surface area contributed by atoms with E-state index in [2.05, 4.69) is 5.32 Å². The molecule has 2 fully saturated rings. The van der Waals surface area contributed by atoms with Gasteiger partial charge in [0.15, 0.2) is 9.84 Å². The molecule has 0 bridgehead atoms. The van der Waals surface area contributed by atoms with Gasteiger partial charge in [-0.3, -0.25) is 0 Å². The first-order valence-corrected chi connectivity index (χ1v) is 7.93. The largest absolute Gasteiger partial charge is 0.327 e. The van der Waals surface area contributed by atoms with Gasteiger partial charge in [0, 0.05) is 11.6 Å². The van der Waals surface area contributed by atoms with Crippen LogP contribution in [0.3, 0.4) is 0 Å². The van der Waals surface area contributed by atoms with Gasteiger partial charge in [0.1, 0.15) is 0 Å². The van der Waals surface area contributed by atoms with E-state index in [1.165, 1.54) is 12.8 Å². The summed E-state index contributed by atoms with van der Waals surface area (Å²) in [6.45, 7) is 2.84. The van der Waals surface area contributed by atoms with Crippen LogP contribution in [0.15, 0.2) is 0 Å². The van der Waals surface area contributed by atoms with Crippen molar-refractivity contribution in [2.75, 3.05) is 18.1 Å². The zero-order chi connectivity index (χ0) is 11.8. The minimum Gasteiger partial charge on any atom is -0.327 e. The Kier molecular flexibility index (Phi) is 3.29. The van der Waals surface area contributed by atoms with E-state index in [1.807, 2.05) is 6.92 Å². The molecule has 2 atom stereocenters. The molecule has 0 amide bonds. The Balaban J connectivity index is 1.73. The lowest BCUT2D eigenvalue weighted by molar-refractivity contribution is 0.379. The van der Waals surface area contributed by atoms with E-state index in [0.717, 1.165) is 25.3 Å². The highest BCUT2D eigenvalue weighted by Gasteiger charge is 2.38. The van der Waals surface area contributed by atoms with Crippen LogP contribution in [0, 0.1) is 5.92 Å². The normalized spacial score (nSPS) is 35.1. The maximum absolute atomic E-state index is 11.4. The first-order chi connectivity index (χ1) is 7.40. The highest BCUT2D eigenvalue weighted by atomic mass is 32.2. The fraction of sp³-hybridized carbons (Fsp3) is 1.00. The third-order valence-corrected chi connectivity index (χ3v) is 5.66. The van der Waals surface area contributed by atoms with Crippen LogP contribution in [-0.2, 0) is 9.84 Å². The molecule has 1 saturated carbocycles. The average Bonchev–Trinajstić information content (AvgIpc) is 2.94. The molecule has 2 rings (SSSR count). The molecule has 1 heterocycles. The van der Waals surface area contributed by atoms with Gasteiger partial charge in [-0.2, -0.15) is 0 Å². The van der Waals surface area contributed by atoms with Crippen LogP contribution >= 0.6 is 0 Å². The highest BCUT2D eigenvalue weighted by Crippen LogP contribution is 2.32. The number of hydrogen-bond acceptors (Lipinski definition) is 4. The molecule has 0 aromatic carbocycles. The Morgan fingerprint density at radius 3 is 2.69 bits per heavy atom. The van der Waals surface area contributed by atoms with E-state index < -0.39 is 9.84 Å². The van der Waals surface area contributed by atoms with Gasteiger partial charge in [-0.25, -0.2) is 8.42 Å². The lowest BCUT2D eigenvalue weighted by Gasteiger charge is -2.24. The van der Waals surface area contributed by atoms with E-state index >= 15 is 0 Å². The molecule has 16 heavy (non-hydrogen) atoms. The summed E-state index contributed by atoms with van der Waals surface area (Å²) in [7, 11) is -2.80. The Morgan fingerprint density at radius 1 is 1.50 bits per heavy atom. The number of sulfone groups is 1. The van der Waals surface area contributed by atoms with Gasteiger partial charge in [-0.1, -0.05) is 0 Å². The molecule has 1 aliphatic heterocycles. The van der Waals surface area contributed by atoms with Crippen molar-refractivity contribution in [2.45, 2.75) is 44.2 Å². The van der Waals surface area contributed by atoms with E-state index in [4.69, 9.17) is 5.73 Å². The molecular weight excluding hydrogens is 224 g/mol. The van der Waals surface area contributed by atoms with Gasteiger partial charge in [-0.05, 0) is 45.1 Å². The monoisotopic (exact) mass is 246 g/mol. The van der Waals surface area contributed by atoms with Crippen LogP contribution in [0.25, 0.3) is 0 Å². The third-order valence-electron chi connectivity index (χ3n) is 3.76. The summed E-state index contributed by atoms with van der Waals surface area (Å²) in [5.74, 6) is 1.33. The van der Waals surface area contributed by atoms with Crippen molar-refractivity contribution in [1.29, 1.82) is 0 Å². The van der Waals surface area contributed by atoms with Crippen LogP contribution in [-0.4, -0.2) is 38.0 Å². The minimum atomic E-state index is -2.80. The van der Waals surface area contributed by atoms with Gasteiger partial charge >= 0.3 is 0 Å². The van der Waals surface area contributed by atoms with Crippen LogP contribution < -0.4 is 11.1 Å². The maximum atomic E-state index is 11.4. The van der Waals surface area contributed by atoms with Gasteiger partial charge in [0.05, 0.1) is 11.5 Å². The molecular formula is C11H22N2O2S. The Labute approximate surface area is 97.9 Å². The summed E-state index contributed by atoms with van der Waals surface area (Å²) in [4.78, 5) is 0. The van der Waals surface area contributed by atoms with E-state index in [1.54, 1.807) is 0 Å². The van der Waals surface area contributed by atoms with Crippen LogP contribution in [0.1, 0.15) is 32.6 Å². The number of hydrogen-bond donors (Lipinski definition) is 2. The topological polar surface area (TPSA) is 72.2 Å². The molecule has 0 aromatic heterocycles. The van der Waals surface area contributed by atoms with Crippen LogP contribution in [0.2, 0.25) is 0 Å². The van der Waals surface area contributed by atoms with Gasteiger partial charge in [-0.15, -0.1) is 0 Å². The highest BCUT2D eigenvalue weighted by molar-refractivity contribution is 7.91. The fourth-order valence-electron chi connectivity index (χ4n) is 2.45. The molecule has 4 nitrogen and oxygen atoms in total. The van der Waals surface area contributed by atoms with Crippen molar-refractivity contribution in [3.05, 3.63) is 0 Å². The van der Waals surface area contributed by atoms with Crippen molar-refractivity contribution < 1.29 is 8.42 Å². The Morgan fingerprint density at radius 2 is 2.19 bits per heavy atom. The second kappa shape index (κ2) is 4.27. The molecule has 5 heteroatoms. The standard InChI is InChI=1S/C11H22N2O2S/c1-11(5-7-16(14,15)8-11)13-6-4-10(12)9-2-3-9/h9-10,13H,2-8,12H2,1H3. The van der Waals surface area contributed by atoms with Gasteiger partial charge < -0.3 is 11.1 Å². The number of nitrogens with one attached hydrogen (secondary N) is 1. The molecule has 2 aliphatic rings. The van der Waals surface area contributed by atoms with E-state index in [9.17, 15) is 8.42 Å². The summed E-state index contributed by atoms with van der Waals surface area (Å²) >= 11 is 0. The van der Waals surface area contributed by atoms with Crippen molar-refractivity contribution in [2.24, 2.45) is 11.7 Å². The summed E-state index contributed by atoms with van der Waals surface area (Å²) < 4.78 is 22.8. The Hall–Kier alpha value is -0.130. The predicted molar refractivity (Wildman–Crippen MR) is 65.0 cm³/mol. The summed E-state index contributed by atoms with van der Waals surface area (Å²) in [6, 6.07) is 0.300. The SMILES string of the molecule is CC1(NCCC(N)C2CC2)CCS(=O)(=O)C1. The van der Waals surface area contributed by atoms with Gasteiger partial charge in [0.2, 0.25) is 0 Å². The fourth-order valence-corrected chi connectivity index (χ4v) is 4.57. The molecule has 3 N–H and O–H groups in total. The zero-order valence-electron chi connectivity index (χ0n) is 9.91. The molecule has 1 saturated heterocycles. The third kappa shape index (κ3) is 3.18. The minimum absolute atomic E-state index is 0.220. The zero-order valence-corrected chi connectivity index (χ0v) is 10.7. The van der Waals surface area contributed by atoms with E-state index in [0.29, 0.717) is 11.8 Å². The molecule has 0 spiro atoms. The smallest absolute Gasteiger partial charge is 0.152 e. The quantitative estimate of drug-likeness (QED) is 0.731. The van der Waals surface area contributed by atoms with Crippen molar-refractivity contribution in [3.63, 3.8) is 0 Å². The second-order valence-corrected chi connectivity index (χ2v) is 7.80. The average molecular weight is 246 g/mol. The molecule has 1 aliphatic carbocycles. The molecule has 2 unspecified atom stereocenters. The summed E-state index contributed by atoms with van der Waals surface area (Å²) in [5.41, 5.74) is 5.78. The Bertz CT molecular complexity index is 351. The molecule has 0 radical (unpaired) electrons. The predicted octanol–water partition coefficient (Wildman–Crippen LogP) is 0.281. The second-order valence-electron chi connectivity index (χ2n) is 5.62. The first kappa shape index (κ1) is 12.3. The lowest BCUT2D eigenvalue weighted by atomic mass is 10.0. The summed E-state index contributed by atoms with van der Waals surface area (Å²) in [6.07, 6.45) is 4.23. The van der Waals surface area contributed by atoms with Crippen molar-refractivity contribution in [1.82, 2.24) is 5.32 Å². The van der Waals surface area contributed by atoms with Crippen LogP contribution in [0.4, 0.5) is 0 Å². The van der Waals surface area contributed by atoms with E-state index in [-0.39, 0.29) is 11.3 Å². The molecule has 94 valence electrons. The van der Waals surface area contributed by atoms with Crippen molar-refractivity contribution >= 4 is 9.84 Å².